The average molecular weight is 2650 g/mol. The van der Waals surface area contributed by atoms with Gasteiger partial charge in [-0.1, -0.05) is 252 Å². The molecule has 23 aromatic rings. The number of nitrogens with zero attached hydrogens (tertiary/aromatic N) is 16. The van der Waals surface area contributed by atoms with Crippen LogP contribution in [0, 0.1) is 13.8 Å². The summed E-state index contributed by atoms with van der Waals surface area (Å²) in [4.78, 5) is 37.2. The molecule has 0 spiro atoms. The van der Waals surface area contributed by atoms with Crippen LogP contribution in [-0.2, 0) is 85.6 Å². The fourth-order valence-corrected chi connectivity index (χ4v) is 28.2. The minimum atomic E-state index is -0.261. The van der Waals surface area contributed by atoms with Gasteiger partial charge in [-0.2, -0.15) is 26.2 Å². The summed E-state index contributed by atoms with van der Waals surface area (Å²) in [5.74, 6) is 1.98. The van der Waals surface area contributed by atoms with E-state index in [2.05, 4.69) is 331 Å². The van der Waals surface area contributed by atoms with E-state index in [4.69, 9.17) is 29.9 Å². The summed E-state index contributed by atoms with van der Waals surface area (Å²) in [6.45, 7) is 41.6. The Morgan fingerprint density at radius 3 is 1.08 bits per heavy atom. The summed E-state index contributed by atoms with van der Waals surface area (Å²) in [7, 11) is -1.13. The van der Waals surface area contributed by atoms with Crippen molar-refractivity contribution in [2.45, 2.75) is 48.0 Å². The molecular weight excluding hydrogens is 2540 g/mol. The zero-order chi connectivity index (χ0) is 91.4. The Hall–Kier alpha value is -8.72. The van der Waals surface area contributed by atoms with E-state index in [0.717, 1.165) is 133 Å². The van der Waals surface area contributed by atoms with Crippen molar-refractivity contribution in [3.8, 4) is 23.0 Å². The molecule has 1 aliphatic carbocycles. The van der Waals surface area contributed by atoms with Crippen molar-refractivity contribution in [1.82, 2.24) is 76.3 Å². The molecule has 0 atom stereocenters. The third-order valence-electron chi connectivity index (χ3n) is 24.6. The van der Waals surface area contributed by atoms with Crippen LogP contribution < -0.4 is 35.6 Å². The Morgan fingerprint density at radius 1 is 0.341 bits per heavy atom. The molecule has 0 bridgehead atoms. The van der Waals surface area contributed by atoms with Gasteiger partial charge in [0.05, 0.1) is 149 Å². The van der Waals surface area contributed by atoms with Gasteiger partial charge in [-0.15, -0.1) is 22.1 Å². The van der Waals surface area contributed by atoms with Gasteiger partial charge >= 0.3 is 79.2 Å². The molecule has 0 amide bonds. The molecule has 10 heterocycles. The number of pyridine rings is 1. The number of aryl methyl sites for hydroxylation is 2. The molecular formula is C106H105N16Os4P6S3+6. The van der Waals surface area contributed by atoms with Crippen LogP contribution in [0.3, 0.4) is 0 Å². The van der Waals surface area contributed by atoms with E-state index in [1.54, 1.807) is 38.1 Å². The topological polar surface area (TPSA) is 212 Å². The largest absolute Gasteiger partial charge is 2.00 e. The summed E-state index contributed by atoms with van der Waals surface area (Å²) in [6, 6.07) is 83.3. The summed E-state index contributed by atoms with van der Waals surface area (Å²) >= 11 is 3.76. The molecule has 0 saturated carbocycles. The summed E-state index contributed by atoms with van der Waals surface area (Å²) in [6.07, 6.45) is 6.97. The van der Waals surface area contributed by atoms with Gasteiger partial charge in [-0.25, -0.2) is 9.97 Å². The summed E-state index contributed by atoms with van der Waals surface area (Å²) in [5.41, 5.74) is 18.7. The van der Waals surface area contributed by atoms with Crippen LogP contribution in [0.25, 0.3) is 193 Å². The van der Waals surface area contributed by atoms with Gasteiger partial charge < -0.3 is 30.0 Å². The van der Waals surface area contributed by atoms with Crippen molar-refractivity contribution >= 4 is 263 Å². The molecule has 13 aromatic carbocycles. The Kier molecular flexibility index (Phi) is 35.6. The van der Waals surface area contributed by atoms with Crippen molar-refractivity contribution < 1.29 is 79.2 Å². The number of benzene rings is 13. The number of fused-ring (bicyclic) bond motifs is 26. The minimum absolute atomic E-state index is 0. The monoisotopic (exact) mass is 2650 g/mol. The van der Waals surface area contributed by atoms with Crippen LogP contribution in [0.1, 0.15) is 50.3 Å². The maximum Gasteiger partial charge on any atom is 2.00 e. The second kappa shape index (κ2) is 46.4. The molecule has 0 N–H and O–H groups in total. The predicted molar refractivity (Wildman–Crippen MR) is 587 cm³/mol. The number of allylic oxidation sites excluding steroid dienone is 5. The van der Waals surface area contributed by atoms with Gasteiger partial charge in [0.1, 0.15) is 54.2 Å². The normalized spacial score (nSPS) is 12.0. The van der Waals surface area contributed by atoms with Crippen molar-refractivity contribution in [1.29, 1.82) is 0 Å². The number of aromatic nitrogens is 16. The van der Waals surface area contributed by atoms with Crippen LogP contribution >= 0.6 is 82.7 Å². The first-order valence-electron chi connectivity index (χ1n) is 43.9. The smallest absolute Gasteiger partial charge is 0.655 e. The third kappa shape index (κ3) is 21.8. The van der Waals surface area contributed by atoms with Gasteiger partial charge in [0.2, 0.25) is 0 Å². The maximum absolute atomic E-state index is 4.80. The fourth-order valence-electron chi connectivity index (χ4n) is 16.9. The van der Waals surface area contributed by atoms with E-state index in [1.165, 1.54) is 100.0 Å². The van der Waals surface area contributed by atoms with Crippen LogP contribution in [0.2, 0.25) is 0 Å². The molecule has 0 aliphatic heterocycles. The third-order valence-corrected chi connectivity index (χ3v) is 37.4. The standard InChI is InChI=1S/C20H14N3.3C16H8N3S.C12H9N4.C10H16P2.2C8H18P2.4Os/c1-12-14-8-2-3-9-15(14)21-19(12)20-22-16-10-4-6-13-7-5-11-17(23-20)18(13)16;3*1-2-6-10-9(5-1)13-11-7-3-4-8-12(11)17-15(13)16-14(10)18-20-19-16;1-8-14-12(16-15-8)11-10-5-3-2-4-9(10)6-7-13-11;1-11(2)9-7-5-6-8-10(9)12(3)4;2*1-7(9(3)4)8(2)10(5)6;;;;/h2-6,8-11H,7H2,1H3;3*1-8H;2-7H,1H3;5-8H,1-4H3;2*1-6H3;;;;/q5*-1;;;;3*+1;+2/p+6. The first kappa shape index (κ1) is 104. The van der Waals surface area contributed by atoms with Gasteiger partial charge in [-0.3, -0.25) is 10.1 Å². The first-order valence-corrected chi connectivity index (χ1v) is 61.1. The predicted octanol–water partition coefficient (Wildman–Crippen LogP) is 26.8. The molecule has 0 saturated heterocycles. The number of hydrogen-bond donors (Lipinski definition) is 0. The van der Waals surface area contributed by atoms with Crippen molar-refractivity contribution in [2.75, 3.05) is 80.0 Å². The average Bonchev–Trinajstić information content (AvgIpc) is 1.61. The summed E-state index contributed by atoms with van der Waals surface area (Å²) < 4.78 is 26.8. The van der Waals surface area contributed by atoms with Crippen LogP contribution in [0.15, 0.2) is 276 Å². The maximum atomic E-state index is 4.80. The second-order valence-electron chi connectivity index (χ2n) is 34.1. The Bertz CT molecular complexity index is 7730. The van der Waals surface area contributed by atoms with Crippen LogP contribution in [0.4, 0.5) is 0 Å². The number of para-hydroxylation sites is 4. The van der Waals surface area contributed by atoms with Gasteiger partial charge in [0, 0.05) is 86.5 Å². The second-order valence-corrected chi connectivity index (χ2v) is 51.8. The zero-order valence-corrected chi connectivity index (χ0v) is 96.9. The fraction of sp³-hybridized carbons (Fsp3) is 0.179. The molecule has 10 aromatic heterocycles. The molecule has 135 heavy (non-hydrogen) atoms. The Morgan fingerprint density at radius 2 is 0.696 bits per heavy atom. The molecule has 683 valence electrons. The Balaban J connectivity index is 0.000000132. The van der Waals surface area contributed by atoms with Crippen LogP contribution in [0.5, 0.6) is 0 Å². The Labute approximate surface area is 859 Å². The van der Waals surface area contributed by atoms with Crippen molar-refractivity contribution in [3.05, 3.63) is 299 Å². The van der Waals surface area contributed by atoms with E-state index in [-0.39, 0.29) is 127 Å². The van der Waals surface area contributed by atoms with Gasteiger partial charge in [0.25, 0.3) is 0 Å². The molecule has 1 aliphatic rings. The van der Waals surface area contributed by atoms with E-state index in [1.807, 2.05) is 91.9 Å². The SMILES string of the molecule is CC(=C(C)[PH+](C)C)[PH+](C)C.CC(=C(C)[PH+](C)C)[PH+](C)C.C[PH+](C)c1ccccc1[PH+](C)C.Cc1c(-c2nc3c4c(cccc4n2)CC=C3)[n-]c2ccccc12.Cc1n[n-]c(-c2nccc3ccccc23)n1.[Os+2].[Os+].[Os+].[Os+].c1ccc2c(c1)[n-]c1c3nsnc3c3ccccc3c21.c1ccc2c(c1)[n-]c1c3nsnc3c3ccccc3c21.c1ccc2c(c1)[n-]c1c3nsnc3c3ccccc3c21. The van der Waals surface area contributed by atoms with E-state index in [9.17, 15) is 0 Å². The van der Waals surface area contributed by atoms with E-state index >= 15 is 0 Å². The molecule has 0 fully saturated rings. The van der Waals surface area contributed by atoms with E-state index < -0.39 is 0 Å². The summed E-state index contributed by atoms with van der Waals surface area (Å²) in [5, 5.41) is 36.7. The first-order chi connectivity index (χ1) is 63.5. The zero-order valence-electron chi connectivity index (χ0n) is 78.3. The van der Waals surface area contributed by atoms with Crippen molar-refractivity contribution in [3.63, 3.8) is 0 Å². The molecule has 0 unspecified atom stereocenters. The molecule has 3 radical (unpaired) electrons. The van der Waals surface area contributed by atoms with Gasteiger partial charge in [0.15, 0.2) is 0 Å². The van der Waals surface area contributed by atoms with E-state index in [0.29, 0.717) is 17.5 Å². The molecule has 29 heteroatoms. The quantitative estimate of drug-likeness (QED) is 0.129. The number of rotatable bonds is 8. The van der Waals surface area contributed by atoms with Crippen molar-refractivity contribution in [2.24, 2.45) is 0 Å². The van der Waals surface area contributed by atoms with Gasteiger partial charge in [-0.05, 0) is 149 Å². The minimum Gasteiger partial charge on any atom is -0.655 e. The van der Waals surface area contributed by atoms with Crippen LogP contribution in [-0.4, -0.2) is 131 Å². The molecule has 24 rings (SSSR count). The number of hydrogen-bond acceptors (Lipinski definition) is 14. The molecule has 16 nitrogen and oxygen atoms in total.